The van der Waals surface area contributed by atoms with E-state index >= 15 is 0 Å². The number of benzene rings is 1. The van der Waals surface area contributed by atoms with Crippen LogP contribution in [-0.4, -0.2) is 49.1 Å². The Morgan fingerprint density at radius 3 is 2.68 bits per heavy atom. The number of nitrogens with zero attached hydrogens (tertiary/aromatic N) is 5. The molecule has 2 N–H and O–H groups in total. The zero-order valence-corrected chi connectivity index (χ0v) is 19.9. The Bertz CT molecular complexity index is 1640. The Balaban J connectivity index is 1.45. The molecule has 0 aliphatic rings. The van der Waals surface area contributed by atoms with Crippen LogP contribution < -0.4 is 0 Å². The number of nitrogens with one attached hydrogen (secondary N) is 2. The molecule has 5 heterocycles. The van der Waals surface area contributed by atoms with Crippen LogP contribution in [-0.2, 0) is 6.54 Å². The molecule has 168 valence electrons. The van der Waals surface area contributed by atoms with Crippen molar-refractivity contribution in [2.24, 2.45) is 0 Å². The number of imidazole rings is 1. The van der Waals surface area contributed by atoms with Gasteiger partial charge in [-0.15, -0.1) is 11.3 Å². The lowest BCUT2D eigenvalue weighted by atomic mass is 10.1. The highest BCUT2D eigenvalue weighted by Crippen LogP contribution is 2.34. The van der Waals surface area contributed by atoms with Crippen LogP contribution in [0.5, 0.6) is 0 Å². The summed E-state index contributed by atoms with van der Waals surface area (Å²) in [5.41, 5.74) is 8.37. The highest BCUT2D eigenvalue weighted by atomic mass is 32.1. The summed E-state index contributed by atoms with van der Waals surface area (Å²) >= 11 is 1.77. The van der Waals surface area contributed by atoms with Gasteiger partial charge in [0, 0.05) is 39.8 Å². The molecule has 6 aromatic rings. The second-order valence-corrected chi connectivity index (χ2v) is 9.97. The topological polar surface area (TPSA) is 86.4 Å². The van der Waals surface area contributed by atoms with Crippen molar-refractivity contribution >= 4 is 33.4 Å². The third-order valence-electron chi connectivity index (χ3n) is 5.74. The van der Waals surface area contributed by atoms with E-state index in [1.165, 1.54) is 9.75 Å². The van der Waals surface area contributed by atoms with Crippen LogP contribution in [0.4, 0.5) is 0 Å². The summed E-state index contributed by atoms with van der Waals surface area (Å²) in [6.45, 7) is 2.94. The molecular weight excluding hydrogens is 442 g/mol. The number of hydrogen-bond donors (Lipinski definition) is 2. The van der Waals surface area contributed by atoms with Crippen LogP contribution in [0.3, 0.4) is 0 Å². The summed E-state index contributed by atoms with van der Waals surface area (Å²) in [7, 11) is 4.10. The summed E-state index contributed by atoms with van der Waals surface area (Å²) < 4.78 is 0. The van der Waals surface area contributed by atoms with Gasteiger partial charge in [-0.3, -0.25) is 10.1 Å². The molecule has 0 saturated carbocycles. The normalized spacial score (nSPS) is 11.8. The number of fused-ring (bicyclic) bond motifs is 2. The second kappa shape index (κ2) is 8.16. The van der Waals surface area contributed by atoms with E-state index in [0.717, 1.165) is 51.0 Å². The smallest absolute Gasteiger partial charge is 0.161 e. The molecule has 0 aliphatic heterocycles. The van der Waals surface area contributed by atoms with Gasteiger partial charge in [-0.25, -0.2) is 9.97 Å². The standard InChI is InChI=1S/C26H23N7S/c1-15-7-10-22(34-15)18-5-4-6-20-23(18)30-26(29-20)25-24-21(31-32-25)9-8-19(28-24)17-11-16(12-27-13-17)14-33(2)3/h4-13H,14H2,1-3H3,(H,29,30)(H,31,32). The first kappa shape index (κ1) is 20.7. The van der Waals surface area contributed by atoms with Crippen molar-refractivity contribution in [3.8, 4) is 33.2 Å². The van der Waals surface area contributed by atoms with E-state index in [0.29, 0.717) is 11.5 Å². The maximum atomic E-state index is 4.95. The predicted octanol–water partition coefficient (Wildman–Crippen LogP) is 5.66. The first-order valence-corrected chi connectivity index (χ1v) is 11.9. The number of H-pyrrole nitrogens is 2. The SMILES string of the molecule is Cc1ccc(-c2cccc3[nH]c(-c4n[nH]c5ccc(-c6cncc(CN(C)C)c6)nc45)nc23)s1. The maximum absolute atomic E-state index is 4.95. The molecule has 0 saturated heterocycles. The summed E-state index contributed by atoms with van der Waals surface area (Å²) in [5.74, 6) is 0.700. The van der Waals surface area contributed by atoms with Gasteiger partial charge in [-0.1, -0.05) is 12.1 Å². The van der Waals surface area contributed by atoms with Gasteiger partial charge < -0.3 is 9.88 Å². The first-order chi connectivity index (χ1) is 16.5. The lowest BCUT2D eigenvalue weighted by molar-refractivity contribution is 0.402. The molecule has 0 unspecified atom stereocenters. The molecule has 0 aliphatic carbocycles. The molecule has 1 aromatic carbocycles. The third kappa shape index (κ3) is 3.67. The molecule has 0 spiro atoms. The Morgan fingerprint density at radius 1 is 0.941 bits per heavy atom. The number of aromatic nitrogens is 6. The van der Waals surface area contributed by atoms with Crippen molar-refractivity contribution in [2.75, 3.05) is 14.1 Å². The van der Waals surface area contributed by atoms with Crippen LogP contribution in [0.2, 0.25) is 0 Å². The molecule has 6 rings (SSSR count). The van der Waals surface area contributed by atoms with E-state index in [1.807, 2.05) is 44.7 Å². The first-order valence-electron chi connectivity index (χ1n) is 11.1. The molecule has 34 heavy (non-hydrogen) atoms. The molecule has 5 aromatic heterocycles. The average Bonchev–Trinajstić information content (AvgIpc) is 3.55. The van der Waals surface area contributed by atoms with Crippen molar-refractivity contribution in [1.29, 1.82) is 0 Å². The monoisotopic (exact) mass is 465 g/mol. The van der Waals surface area contributed by atoms with Crippen molar-refractivity contribution < 1.29 is 0 Å². The molecule has 0 atom stereocenters. The second-order valence-electron chi connectivity index (χ2n) is 8.68. The average molecular weight is 466 g/mol. The molecule has 0 amide bonds. The fourth-order valence-corrected chi connectivity index (χ4v) is 5.12. The van der Waals surface area contributed by atoms with Gasteiger partial charge in [0.1, 0.15) is 5.52 Å². The molecule has 0 radical (unpaired) electrons. The third-order valence-corrected chi connectivity index (χ3v) is 6.77. The predicted molar refractivity (Wildman–Crippen MR) is 138 cm³/mol. The van der Waals surface area contributed by atoms with Crippen LogP contribution in [0.1, 0.15) is 10.4 Å². The van der Waals surface area contributed by atoms with Gasteiger partial charge in [0.2, 0.25) is 0 Å². The van der Waals surface area contributed by atoms with Gasteiger partial charge >= 0.3 is 0 Å². The van der Waals surface area contributed by atoms with Crippen LogP contribution in [0.25, 0.3) is 55.3 Å². The summed E-state index contributed by atoms with van der Waals surface area (Å²) in [5, 5.41) is 7.66. The molecular formula is C26H23N7S. The number of pyridine rings is 2. The van der Waals surface area contributed by atoms with E-state index in [2.05, 4.69) is 62.3 Å². The van der Waals surface area contributed by atoms with Gasteiger partial charge in [-0.05, 0) is 63.0 Å². The number of aromatic amines is 2. The van der Waals surface area contributed by atoms with Crippen LogP contribution in [0.15, 0.2) is 60.9 Å². The number of hydrogen-bond acceptors (Lipinski definition) is 6. The Labute approximate surface area is 200 Å². The minimum absolute atomic E-state index is 0.700. The van der Waals surface area contributed by atoms with E-state index in [9.17, 15) is 0 Å². The van der Waals surface area contributed by atoms with Gasteiger partial charge in [0.25, 0.3) is 0 Å². The minimum Gasteiger partial charge on any atom is -0.336 e. The van der Waals surface area contributed by atoms with Crippen molar-refractivity contribution in [3.63, 3.8) is 0 Å². The summed E-state index contributed by atoms with van der Waals surface area (Å²) in [6.07, 6.45) is 3.75. The minimum atomic E-state index is 0.700. The number of thiophene rings is 1. The Morgan fingerprint density at radius 2 is 1.85 bits per heavy atom. The highest BCUT2D eigenvalue weighted by Gasteiger charge is 2.17. The molecule has 0 fully saturated rings. The molecule has 8 heteroatoms. The van der Waals surface area contributed by atoms with Crippen LogP contribution >= 0.6 is 11.3 Å². The Hall–Kier alpha value is -3.88. The molecule has 0 bridgehead atoms. The van der Waals surface area contributed by atoms with E-state index < -0.39 is 0 Å². The van der Waals surface area contributed by atoms with Crippen LogP contribution in [0, 0.1) is 6.92 Å². The van der Waals surface area contributed by atoms with Crippen molar-refractivity contribution in [1.82, 2.24) is 35.0 Å². The maximum Gasteiger partial charge on any atom is 0.161 e. The van der Waals surface area contributed by atoms with Crippen molar-refractivity contribution in [2.45, 2.75) is 13.5 Å². The van der Waals surface area contributed by atoms with Crippen molar-refractivity contribution in [3.05, 3.63) is 71.4 Å². The number of para-hydroxylation sites is 1. The lowest BCUT2D eigenvalue weighted by Gasteiger charge is -2.10. The van der Waals surface area contributed by atoms with E-state index in [4.69, 9.17) is 9.97 Å². The zero-order chi connectivity index (χ0) is 23.2. The Kier molecular flexibility index (Phi) is 4.97. The van der Waals surface area contributed by atoms with Gasteiger partial charge in [-0.2, -0.15) is 5.10 Å². The molecule has 7 nitrogen and oxygen atoms in total. The zero-order valence-electron chi connectivity index (χ0n) is 19.1. The van der Waals surface area contributed by atoms with Gasteiger partial charge in [0.05, 0.1) is 22.2 Å². The number of rotatable bonds is 5. The summed E-state index contributed by atoms with van der Waals surface area (Å²) in [6, 6.07) is 16.7. The van der Waals surface area contributed by atoms with E-state index in [1.54, 1.807) is 11.3 Å². The fraction of sp³-hybridized carbons (Fsp3) is 0.154. The number of aryl methyl sites for hydroxylation is 1. The highest BCUT2D eigenvalue weighted by molar-refractivity contribution is 7.15. The summed E-state index contributed by atoms with van der Waals surface area (Å²) in [4.78, 5) is 22.4. The largest absolute Gasteiger partial charge is 0.336 e. The lowest BCUT2D eigenvalue weighted by Crippen LogP contribution is -2.10. The van der Waals surface area contributed by atoms with Gasteiger partial charge in [0.15, 0.2) is 11.5 Å². The fourth-order valence-electron chi connectivity index (χ4n) is 4.23. The van der Waals surface area contributed by atoms with E-state index in [-0.39, 0.29) is 0 Å². The quantitative estimate of drug-likeness (QED) is 0.343.